The third kappa shape index (κ3) is 5.95. The van der Waals surface area contributed by atoms with Gasteiger partial charge >= 0.3 is 0 Å². The SMILES string of the molecule is Cc1cc(NCC2CCNCC2)nc(N=C(N)Nc2ccc(Cl)c(Cl)c2)n1. The number of nitrogens with one attached hydrogen (secondary N) is 3. The Morgan fingerprint density at radius 2 is 2.00 bits per heavy atom. The van der Waals surface area contributed by atoms with Crippen molar-refractivity contribution in [3.8, 4) is 0 Å². The van der Waals surface area contributed by atoms with Crippen LogP contribution in [0.1, 0.15) is 18.5 Å². The molecule has 0 unspecified atom stereocenters. The Morgan fingerprint density at radius 3 is 2.74 bits per heavy atom. The van der Waals surface area contributed by atoms with Crippen LogP contribution in [0.2, 0.25) is 10.0 Å². The number of hydrogen-bond donors (Lipinski definition) is 4. The van der Waals surface area contributed by atoms with Crippen molar-refractivity contribution in [3.63, 3.8) is 0 Å². The van der Waals surface area contributed by atoms with E-state index in [4.69, 9.17) is 28.9 Å². The molecule has 1 aliphatic rings. The van der Waals surface area contributed by atoms with Gasteiger partial charge in [-0.15, -0.1) is 0 Å². The monoisotopic (exact) mass is 407 g/mol. The molecule has 1 fully saturated rings. The highest BCUT2D eigenvalue weighted by atomic mass is 35.5. The van der Waals surface area contributed by atoms with E-state index in [1.54, 1.807) is 18.2 Å². The zero-order valence-corrected chi connectivity index (χ0v) is 16.6. The van der Waals surface area contributed by atoms with Gasteiger partial charge in [0.1, 0.15) is 5.82 Å². The Morgan fingerprint density at radius 1 is 1.22 bits per heavy atom. The van der Waals surface area contributed by atoms with Crippen molar-refractivity contribution in [1.29, 1.82) is 0 Å². The van der Waals surface area contributed by atoms with Crippen LogP contribution in [0.5, 0.6) is 0 Å². The Labute approximate surface area is 168 Å². The summed E-state index contributed by atoms with van der Waals surface area (Å²) in [6.45, 7) is 4.93. The molecule has 0 amide bonds. The molecule has 3 rings (SSSR count). The molecular weight excluding hydrogens is 385 g/mol. The maximum atomic E-state index is 6.01. The molecule has 0 radical (unpaired) electrons. The fourth-order valence-corrected chi connectivity index (χ4v) is 3.18. The second-order valence-electron chi connectivity index (χ2n) is 6.52. The predicted octanol–water partition coefficient (Wildman–Crippen LogP) is 3.56. The van der Waals surface area contributed by atoms with Gasteiger partial charge in [-0.1, -0.05) is 23.2 Å². The van der Waals surface area contributed by atoms with Crippen LogP contribution in [0.3, 0.4) is 0 Å². The molecule has 1 saturated heterocycles. The first-order chi connectivity index (χ1) is 13.0. The number of hydrogen-bond acceptors (Lipinski definition) is 5. The summed E-state index contributed by atoms with van der Waals surface area (Å²) in [5, 5.41) is 10.6. The number of benzene rings is 1. The lowest BCUT2D eigenvalue weighted by Gasteiger charge is -2.23. The van der Waals surface area contributed by atoms with Gasteiger partial charge in [0.2, 0.25) is 5.96 Å². The maximum Gasteiger partial charge on any atom is 0.254 e. The van der Waals surface area contributed by atoms with Gasteiger partial charge in [-0.25, -0.2) is 4.98 Å². The summed E-state index contributed by atoms with van der Waals surface area (Å²) in [5.41, 5.74) is 7.47. The number of rotatable bonds is 5. The molecule has 1 aromatic carbocycles. The lowest BCUT2D eigenvalue weighted by Crippen LogP contribution is -2.31. The van der Waals surface area contributed by atoms with E-state index >= 15 is 0 Å². The lowest BCUT2D eigenvalue weighted by atomic mass is 9.98. The summed E-state index contributed by atoms with van der Waals surface area (Å²) in [4.78, 5) is 13.0. The van der Waals surface area contributed by atoms with Gasteiger partial charge in [0.15, 0.2) is 0 Å². The minimum absolute atomic E-state index is 0.170. The highest BCUT2D eigenvalue weighted by Crippen LogP contribution is 2.25. The van der Waals surface area contributed by atoms with Gasteiger partial charge in [0, 0.05) is 24.0 Å². The van der Waals surface area contributed by atoms with Gasteiger partial charge in [0.05, 0.1) is 10.0 Å². The third-order valence-electron chi connectivity index (χ3n) is 4.29. The van der Waals surface area contributed by atoms with Crippen LogP contribution >= 0.6 is 23.2 Å². The summed E-state index contributed by atoms with van der Waals surface area (Å²) < 4.78 is 0. The first-order valence-electron chi connectivity index (χ1n) is 8.86. The van der Waals surface area contributed by atoms with E-state index in [0.717, 1.165) is 31.1 Å². The molecule has 0 saturated carbocycles. The molecule has 5 N–H and O–H groups in total. The normalized spacial score (nSPS) is 15.6. The van der Waals surface area contributed by atoms with E-state index in [9.17, 15) is 0 Å². The van der Waals surface area contributed by atoms with E-state index in [1.165, 1.54) is 12.8 Å². The van der Waals surface area contributed by atoms with Crippen LogP contribution in [0, 0.1) is 12.8 Å². The van der Waals surface area contributed by atoms with Crippen molar-refractivity contribution < 1.29 is 0 Å². The Bertz CT molecular complexity index is 819. The number of anilines is 2. The molecule has 0 atom stereocenters. The molecule has 2 aromatic rings. The van der Waals surface area contributed by atoms with Crippen LogP contribution in [-0.2, 0) is 0 Å². The van der Waals surface area contributed by atoms with E-state index in [0.29, 0.717) is 27.6 Å². The Hall–Kier alpha value is -2.09. The molecule has 27 heavy (non-hydrogen) atoms. The average molecular weight is 408 g/mol. The second-order valence-corrected chi connectivity index (χ2v) is 7.33. The standard InChI is InChI=1S/C18H23Cl2N7/c1-11-8-16(23-10-12-4-6-22-7-5-12)26-18(24-11)27-17(21)25-13-2-3-14(19)15(20)9-13/h2-3,8-9,12,22H,4-7,10H2,1H3,(H4,21,23,24,25,26,27). The van der Waals surface area contributed by atoms with Gasteiger partial charge < -0.3 is 21.7 Å². The van der Waals surface area contributed by atoms with Crippen molar-refractivity contribution in [2.45, 2.75) is 19.8 Å². The highest BCUT2D eigenvalue weighted by molar-refractivity contribution is 6.42. The molecule has 2 heterocycles. The van der Waals surface area contributed by atoms with Gasteiger partial charge in [0.25, 0.3) is 5.95 Å². The second kappa shape index (κ2) is 9.21. The minimum atomic E-state index is 0.170. The summed E-state index contributed by atoms with van der Waals surface area (Å²) in [5.74, 6) is 1.87. The van der Waals surface area contributed by atoms with Crippen LogP contribution in [0.25, 0.3) is 0 Å². The molecule has 0 spiro atoms. The van der Waals surface area contributed by atoms with E-state index in [2.05, 4.69) is 30.9 Å². The molecule has 0 bridgehead atoms. The average Bonchev–Trinajstić information content (AvgIpc) is 2.63. The van der Waals surface area contributed by atoms with Crippen molar-refractivity contribution in [2.24, 2.45) is 16.6 Å². The number of aryl methyl sites for hydroxylation is 1. The van der Waals surface area contributed by atoms with E-state index in [1.807, 2.05) is 13.0 Å². The number of halogens is 2. The summed E-state index contributed by atoms with van der Waals surface area (Å²) in [6.07, 6.45) is 2.34. The van der Waals surface area contributed by atoms with Crippen LogP contribution in [0.15, 0.2) is 29.3 Å². The number of guanidine groups is 1. The van der Waals surface area contributed by atoms with Crippen LogP contribution in [0.4, 0.5) is 17.5 Å². The summed E-state index contributed by atoms with van der Waals surface area (Å²) >= 11 is 11.9. The number of aliphatic imine (C=N–C) groups is 1. The molecule has 9 heteroatoms. The number of nitrogens with two attached hydrogens (primary N) is 1. The van der Waals surface area contributed by atoms with Crippen molar-refractivity contribution in [1.82, 2.24) is 15.3 Å². The van der Waals surface area contributed by atoms with Crippen molar-refractivity contribution in [2.75, 3.05) is 30.3 Å². The van der Waals surface area contributed by atoms with Crippen LogP contribution in [-0.4, -0.2) is 35.6 Å². The molecule has 0 aliphatic carbocycles. The van der Waals surface area contributed by atoms with E-state index < -0.39 is 0 Å². The smallest absolute Gasteiger partial charge is 0.254 e. The lowest BCUT2D eigenvalue weighted by molar-refractivity contribution is 0.389. The van der Waals surface area contributed by atoms with Gasteiger partial charge in [-0.3, -0.25) is 0 Å². The molecular formula is C18H23Cl2N7. The largest absolute Gasteiger partial charge is 0.370 e. The first kappa shape index (κ1) is 19.7. The fourth-order valence-electron chi connectivity index (χ4n) is 2.89. The third-order valence-corrected chi connectivity index (χ3v) is 5.02. The quantitative estimate of drug-likeness (QED) is 0.446. The number of aromatic nitrogens is 2. The van der Waals surface area contributed by atoms with Crippen molar-refractivity contribution >= 4 is 46.6 Å². The molecule has 1 aromatic heterocycles. The topological polar surface area (TPSA) is 100 Å². The molecule has 7 nitrogen and oxygen atoms in total. The number of piperidine rings is 1. The van der Waals surface area contributed by atoms with E-state index in [-0.39, 0.29) is 5.96 Å². The minimum Gasteiger partial charge on any atom is -0.370 e. The zero-order valence-electron chi connectivity index (χ0n) is 15.1. The predicted molar refractivity (Wildman–Crippen MR) is 112 cm³/mol. The molecule has 1 aliphatic heterocycles. The van der Waals surface area contributed by atoms with Crippen LogP contribution < -0.4 is 21.7 Å². The Balaban J connectivity index is 1.66. The van der Waals surface area contributed by atoms with Gasteiger partial charge in [-0.05, 0) is 57.0 Å². The fraction of sp³-hybridized carbons (Fsp3) is 0.389. The summed E-state index contributed by atoms with van der Waals surface area (Å²) in [7, 11) is 0. The Kier molecular flexibility index (Phi) is 6.71. The first-order valence-corrected chi connectivity index (χ1v) is 9.61. The molecule has 144 valence electrons. The highest BCUT2D eigenvalue weighted by Gasteiger charge is 2.13. The van der Waals surface area contributed by atoms with Gasteiger partial charge in [-0.2, -0.15) is 9.98 Å². The summed E-state index contributed by atoms with van der Waals surface area (Å²) in [6, 6.07) is 7.03. The zero-order chi connectivity index (χ0) is 19.2. The van der Waals surface area contributed by atoms with Crippen molar-refractivity contribution in [3.05, 3.63) is 40.0 Å². The maximum absolute atomic E-state index is 6.01. The number of nitrogens with zero attached hydrogens (tertiary/aromatic N) is 3.